The summed E-state index contributed by atoms with van der Waals surface area (Å²) in [6.45, 7) is 4.27. The van der Waals surface area contributed by atoms with Crippen LogP contribution < -0.4 is 11.2 Å². The number of hydrogen-bond acceptors (Lipinski definition) is 2. The van der Waals surface area contributed by atoms with Crippen molar-refractivity contribution in [3.05, 3.63) is 43.7 Å². The van der Waals surface area contributed by atoms with E-state index in [2.05, 4.69) is 4.98 Å². The summed E-state index contributed by atoms with van der Waals surface area (Å²) in [6, 6.07) is 0. The van der Waals surface area contributed by atoms with Gasteiger partial charge in [-0.05, 0) is 13.8 Å². The van der Waals surface area contributed by atoms with Crippen LogP contribution in [0.4, 0.5) is 0 Å². The van der Waals surface area contributed by atoms with E-state index in [-0.39, 0.29) is 5.02 Å². The van der Waals surface area contributed by atoms with Gasteiger partial charge in [0.1, 0.15) is 5.02 Å². The first-order chi connectivity index (χ1) is 6.50. The number of hydrogen-bond donors (Lipinski definition) is 1. The molecule has 14 heavy (non-hydrogen) atoms. The molecule has 0 saturated carbocycles. The second kappa shape index (κ2) is 4.28. The Morgan fingerprint density at radius 2 is 2.21 bits per heavy atom. The summed E-state index contributed by atoms with van der Waals surface area (Å²) in [5.41, 5.74) is 0.0984. The van der Waals surface area contributed by atoms with Crippen molar-refractivity contribution in [1.29, 1.82) is 0 Å². The third-order valence-corrected chi connectivity index (χ3v) is 1.93. The van der Waals surface area contributed by atoms with Gasteiger partial charge in [0, 0.05) is 12.7 Å². The maximum absolute atomic E-state index is 11.2. The van der Waals surface area contributed by atoms with E-state index in [1.807, 2.05) is 19.9 Å². The smallest absolute Gasteiger partial charge is 0.295 e. The van der Waals surface area contributed by atoms with Crippen molar-refractivity contribution in [3.63, 3.8) is 0 Å². The van der Waals surface area contributed by atoms with Gasteiger partial charge in [-0.15, -0.1) is 0 Å². The predicted octanol–water partition coefficient (Wildman–Crippen LogP) is 1.16. The SMILES string of the molecule is CC(C)=CCn1cc(Cl)c(=O)[nH]c1=O. The number of aromatic amines is 1. The number of allylic oxidation sites excluding steroid dienone is 2. The molecule has 0 spiro atoms. The van der Waals surface area contributed by atoms with Gasteiger partial charge >= 0.3 is 5.69 Å². The first-order valence-electron chi connectivity index (χ1n) is 4.13. The fraction of sp³-hybridized carbons (Fsp3) is 0.333. The zero-order chi connectivity index (χ0) is 10.7. The molecule has 1 heterocycles. The number of rotatable bonds is 2. The van der Waals surface area contributed by atoms with Gasteiger partial charge in [-0.1, -0.05) is 23.3 Å². The summed E-state index contributed by atoms with van der Waals surface area (Å²) in [5.74, 6) is 0. The van der Waals surface area contributed by atoms with Gasteiger partial charge in [0.05, 0.1) is 0 Å². The lowest BCUT2D eigenvalue weighted by atomic mass is 10.3. The van der Waals surface area contributed by atoms with Crippen LogP contribution in [-0.4, -0.2) is 9.55 Å². The Balaban J connectivity index is 3.11. The van der Waals surface area contributed by atoms with Crippen molar-refractivity contribution in [2.75, 3.05) is 0 Å². The zero-order valence-electron chi connectivity index (χ0n) is 8.00. The molecule has 5 heteroatoms. The van der Waals surface area contributed by atoms with Crippen molar-refractivity contribution in [2.45, 2.75) is 20.4 Å². The summed E-state index contributed by atoms with van der Waals surface area (Å²) in [6.07, 6.45) is 3.21. The molecule has 0 aliphatic heterocycles. The van der Waals surface area contributed by atoms with Crippen LogP contribution in [0.5, 0.6) is 0 Å². The second-order valence-corrected chi connectivity index (χ2v) is 3.58. The standard InChI is InChI=1S/C9H11ClN2O2/c1-6(2)3-4-12-5-7(10)8(13)11-9(12)14/h3,5H,4H2,1-2H3,(H,11,13,14). The minimum absolute atomic E-state index is 0.0201. The van der Waals surface area contributed by atoms with Gasteiger partial charge in [0.15, 0.2) is 0 Å². The predicted molar refractivity (Wildman–Crippen MR) is 55.8 cm³/mol. The highest BCUT2D eigenvalue weighted by Crippen LogP contribution is 1.97. The normalized spacial score (nSPS) is 9.93. The minimum atomic E-state index is -0.551. The fourth-order valence-electron chi connectivity index (χ4n) is 0.899. The van der Waals surface area contributed by atoms with Crippen LogP contribution in [0.3, 0.4) is 0 Å². The molecule has 76 valence electrons. The lowest BCUT2D eigenvalue weighted by molar-refractivity contribution is 0.733. The molecule has 0 aliphatic rings. The third-order valence-electron chi connectivity index (χ3n) is 1.66. The van der Waals surface area contributed by atoms with E-state index >= 15 is 0 Å². The number of H-pyrrole nitrogens is 1. The number of nitrogens with zero attached hydrogens (tertiary/aromatic N) is 1. The zero-order valence-corrected chi connectivity index (χ0v) is 8.76. The van der Waals surface area contributed by atoms with E-state index in [0.717, 1.165) is 5.57 Å². The monoisotopic (exact) mass is 214 g/mol. The van der Waals surface area contributed by atoms with Crippen LogP contribution in [0.1, 0.15) is 13.8 Å². The molecule has 0 bridgehead atoms. The minimum Gasteiger partial charge on any atom is -0.295 e. The van der Waals surface area contributed by atoms with Gasteiger partial charge in [-0.25, -0.2) is 4.79 Å². The lowest BCUT2D eigenvalue weighted by Gasteiger charge is -2.01. The molecule has 1 rings (SSSR count). The molecule has 0 radical (unpaired) electrons. The highest BCUT2D eigenvalue weighted by Gasteiger charge is 1.99. The van der Waals surface area contributed by atoms with Crippen LogP contribution >= 0.6 is 11.6 Å². The van der Waals surface area contributed by atoms with Crippen molar-refractivity contribution in [3.8, 4) is 0 Å². The highest BCUT2D eigenvalue weighted by atomic mass is 35.5. The Morgan fingerprint density at radius 3 is 2.79 bits per heavy atom. The Kier molecular flexibility index (Phi) is 3.30. The molecule has 0 amide bonds. The molecule has 0 unspecified atom stereocenters. The lowest BCUT2D eigenvalue weighted by Crippen LogP contribution is -2.29. The molecule has 0 saturated heterocycles. The summed E-state index contributed by atoms with van der Waals surface area (Å²) in [7, 11) is 0. The summed E-state index contributed by atoms with van der Waals surface area (Å²) >= 11 is 5.58. The first kappa shape index (κ1) is 10.8. The van der Waals surface area contributed by atoms with Crippen molar-refractivity contribution >= 4 is 11.6 Å². The van der Waals surface area contributed by atoms with Gasteiger partial charge in [0.25, 0.3) is 5.56 Å². The van der Waals surface area contributed by atoms with E-state index in [9.17, 15) is 9.59 Å². The number of aromatic nitrogens is 2. The largest absolute Gasteiger partial charge is 0.328 e. The Bertz CT molecular complexity index is 466. The average Bonchev–Trinajstić information content (AvgIpc) is 2.09. The number of halogens is 1. The Labute approximate surface area is 85.8 Å². The second-order valence-electron chi connectivity index (χ2n) is 3.17. The summed E-state index contributed by atoms with van der Waals surface area (Å²) in [4.78, 5) is 24.3. The van der Waals surface area contributed by atoms with E-state index in [0.29, 0.717) is 6.54 Å². The van der Waals surface area contributed by atoms with Crippen LogP contribution in [0.2, 0.25) is 5.02 Å². The van der Waals surface area contributed by atoms with Crippen LogP contribution in [0, 0.1) is 0 Å². The van der Waals surface area contributed by atoms with Crippen molar-refractivity contribution in [1.82, 2.24) is 9.55 Å². The van der Waals surface area contributed by atoms with Gasteiger partial charge in [-0.2, -0.15) is 0 Å². The van der Waals surface area contributed by atoms with Gasteiger partial charge in [0.2, 0.25) is 0 Å². The molecular weight excluding hydrogens is 204 g/mol. The third kappa shape index (κ3) is 2.60. The Morgan fingerprint density at radius 1 is 1.57 bits per heavy atom. The molecule has 0 aliphatic carbocycles. The molecule has 0 atom stereocenters. The number of nitrogens with one attached hydrogen (secondary N) is 1. The molecule has 0 fully saturated rings. The fourth-order valence-corrected chi connectivity index (χ4v) is 1.06. The summed E-state index contributed by atoms with van der Waals surface area (Å²) < 4.78 is 1.34. The van der Waals surface area contributed by atoms with Crippen molar-refractivity contribution < 1.29 is 0 Å². The summed E-state index contributed by atoms with van der Waals surface area (Å²) in [5, 5.41) is 0.0201. The van der Waals surface area contributed by atoms with Crippen molar-refractivity contribution in [2.24, 2.45) is 0 Å². The molecule has 4 nitrogen and oxygen atoms in total. The van der Waals surface area contributed by atoms with E-state index in [1.54, 1.807) is 0 Å². The maximum atomic E-state index is 11.2. The van der Waals surface area contributed by atoms with Gasteiger partial charge in [-0.3, -0.25) is 14.3 Å². The topological polar surface area (TPSA) is 54.9 Å². The van der Waals surface area contributed by atoms with Crippen LogP contribution in [-0.2, 0) is 6.54 Å². The van der Waals surface area contributed by atoms with Crippen LogP contribution in [0.15, 0.2) is 27.4 Å². The first-order valence-corrected chi connectivity index (χ1v) is 4.51. The van der Waals surface area contributed by atoms with Crippen LogP contribution in [0.25, 0.3) is 0 Å². The van der Waals surface area contributed by atoms with E-state index in [1.165, 1.54) is 10.8 Å². The molecule has 1 N–H and O–H groups in total. The Hall–Kier alpha value is -1.29. The highest BCUT2D eigenvalue weighted by molar-refractivity contribution is 6.30. The van der Waals surface area contributed by atoms with E-state index in [4.69, 9.17) is 11.6 Å². The maximum Gasteiger partial charge on any atom is 0.328 e. The quantitative estimate of drug-likeness (QED) is 0.751. The molecular formula is C9H11ClN2O2. The molecule has 0 aromatic carbocycles. The van der Waals surface area contributed by atoms with Gasteiger partial charge < -0.3 is 0 Å². The van der Waals surface area contributed by atoms with E-state index < -0.39 is 11.2 Å². The average molecular weight is 215 g/mol. The molecule has 1 aromatic rings. The molecule has 1 aromatic heterocycles.